The molecular formula is C15H22F3N5O3. The van der Waals surface area contributed by atoms with Gasteiger partial charge in [0.05, 0.1) is 13.2 Å². The summed E-state index contributed by atoms with van der Waals surface area (Å²) in [7, 11) is 0. The van der Waals surface area contributed by atoms with Gasteiger partial charge in [0.25, 0.3) is 0 Å². The topological polar surface area (TPSA) is 116 Å². The van der Waals surface area contributed by atoms with Crippen LogP contribution in [0.1, 0.15) is 20.3 Å². The van der Waals surface area contributed by atoms with Gasteiger partial charge >= 0.3 is 6.36 Å². The third-order valence-corrected chi connectivity index (χ3v) is 2.53. The SMILES string of the molecule is CC(C)N=C(N)N=C(N)NOCCCOc1ccccc1OC(F)(F)F. The highest BCUT2D eigenvalue weighted by Crippen LogP contribution is 2.31. The maximum absolute atomic E-state index is 12.3. The molecule has 0 bridgehead atoms. The Hall–Kier alpha value is -2.69. The van der Waals surface area contributed by atoms with Gasteiger partial charge in [0.1, 0.15) is 0 Å². The zero-order chi connectivity index (χ0) is 19.6. The largest absolute Gasteiger partial charge is 0.573 e. The van der Waals surface area contributed by atoms with E-state index in [-0.39, 0.29) is 36.9 Å². The standard InChI is InChI=1S/C15H22F3N5O3/c1-10(2)21-13(19)22-14(20)23-25-9-5-8-24-11-6-3-4-7-12(11)26-15(16,17)18/h3-4,6-7,10H,5,8-9H2,1-2H3,(H5,19,20,21,22,23). The van der Waals surface area contributed by atoms with Crippen LogP contribution in [0.15, 0.2) is 34.3 Å². The molecule has 1 aromatic rings. The summed E-state index contributed by atoms with van der Waals surface area (Å²) < 4.78 is 46.0. The Kier molecular flexibility index (Phi) is 8.49. The molecule has 0 unspecified atom stereocenters. The molecule has 146 valence electrons. The van der Waals surface area contributed by atoms with Gasteiger partial charge < -0.3 is 20.9 Å². The van der Waals surface area contributed by atoms with Crippen LogP contribution in [0.2, 0.25) is 0 Å². The number of rotatable bonds is 8. The van der Waals surface area contributed by atoms with E-state index >= 15 is 0 Å². The van der Waals surface area contributed by atoms with Crippen molar-refractivity contribution < 1.29 is 27.5 Å². The van der Waals surface area contributed by atoms with Crippen molar-refractivity contribution >= 4 is 11.9 Å². The number of para-hydroxylation sites is 2. The lowest BCUT2D eigenvalue weighted by atomic mass is 10.3. The summed E-state index contributed by atoms with van der Waals surface area (Å²) in [5.74, 6) is -0.484. The highest BCUT2D eigenvalue weighted by atomic mass is 19.4. The second kappa shape index (κ2) is 10.3. The molecule has 0 aliphatic carbocycles. The molecule has 0 saturated heterocycles. The van der Waals surface area contributed by atoms with Gasteiger partial charge in [-0.2, -0.15) is 4.99 Å². The summed E-state index contributed by atoms with van der Waals surface area (Å²) in [6.45, 7) is 3.94. The van der Waals surface area contributed by atoms with E-state index in [4.69, 9.17) is 21.0 Å². The van der Waals surface area contributed by atoms with Crippen LogP contribution in [-0.2, 0) is 4.84 Å². The number of halogens is 3. The third kappa shape index (κ3) is 9.57. The number of ether oxygens (including phenoxy) is 2. The van der Waals surface area contributed by atoms with Crippen LogP contribution in [0.5, 0.6) is 11.5 Å². The third-order valence-electron chi connectivity index (χ3n) is 2.53. The maximum atomic E-state index is 12.3. The maximum Gasteiger partial charge on any atom is 0.573 e. The monoisotopic (exact) mass is 377 g/mol. The van der Waals surface area contributed by atoms with Crippen LogP contribution in [-0.4, -0.2) is 37.5 Å². The average molecular weight is 377 g/mol. The number of nitrogens with zero attached hydrogens (tertiary/aromatic N) is 2. The van der Waals surface area contributed by atoms with Gasteiger partial charge in [0.15, 0.2) is 11.5 Å². The lowest BCUT2D eigenvalue weighted by Crippen LogP contribution is -2.34. The Morgan fingerprint density at radius 3 is 2.42 bits per heavy atom. The molecule has 0 fully saturated rings. The normalized spacial score (nSPS) is 13.0. The number of nitrogens with one attached hydrogen (secondary N) is 1. The number of nitrogens with two attached hydrogens (primary N) is 2. The van der Waals surface area contributed by atoms with Crippen LogP contribution in [0.3, 0.4) is 0 Å². The first-order valence-electron chi connectivity index (χ1n) is 7.70. The summed E-state index contributed by atoms with van der Waals surface area (Å²) in [6, 6.07) is 5.48. The molecule has 0 saturated carbocycles. The molecule has 0 heterocycles. The van der Waals surface area contributed by atoms with Crippen molar-refractivity contribution in [2.75, 3.05) is 13.2 Å². The van der Waals surface area contributed by atoms with Gasteiger partial charge in [0, 0.05) is 12.5 Å². The number of alkyl halides is 3. The molecule has 1 rings (SSSR count). The highest BCUT2D eigenvalue weighted by molar-refractivity contribution is 5.92. The number of aliphatic imine (C=N–C) groups is 2. The number of hydrogen-bond acceptors (Lipinski definition) is 4. The molecule has 11 heteroatoms. The molecule has 0 aromatic heterocycles. The molecular weight excluding hydrogens is 355 g/mol. The molecule has 0 aliphatic heterocycles. The Bertz CT molecular complexity index is 621. The van der Waals surface area contributed by atoms with Gasteiger partial charge in [-0.05, 0) is 26.0 Å². The fraction of sp³-hybridized carbons (Fsp3) is 0.467. The molecule has 0 atom stereocenters. The summed E-state index contributed by atoms with van der Waals surface area (Å²) >= 11 is 0. The quantitative estimate of drug-likeness (QED) is 0.276. The molecule has 0 aliphatic rings. The fourth-order valence-electron chi connectivity index (χ4n) is 1.66. The Morgan fingerprint density at radius 1 is 1.15 bits per heavy atom. The van der Waals surface area contributed by atoms with Crippen LogP contribution in [0.25, 0.3) is 0 Å². The Morgan fingerprint density at radius 2 is 1.81 bits per heavy atom. The molecule has 26 heavy (non-hydrogen) atoms. The lowest BCUT2D eigenvalue weighted by Gasteiger charge is -2.13. The van der Waals surface area contributed by atoms with Crippen LogP contribution in [0.4, 0.5) is 13.2 Å². The molecule has 5 N–H and O–H groups in total. The van der Waals surface area contributed by atoms with Gasteiger partial charge in [-0.15, -0.1) is 13.2 Å². The van der Waals surface area contributed by atoms with E-state index in [0.717, 1.165) is 0 Å². The Balaban J connectivity index is 2.33. The number of benzene rings is 1. The van der Waals surface area contributed by atoms with Crippen molar-refractivity contribution in [1.29, 1.82) is 0 Å². The number of hydroxylamine groups is 1. The minimum atomic E-state index is -4.79. The van der Waals surface area contributed by atoms with Crippen molar-refractivity contribution in [1.82, 2.24) is 5.48 Å². The van der Waals surface area contributed by atoms with Gasteiger partial charge in [-0.25, -0.2) is 10.5 Å². The highest BCUT2D eigenvalue weighted by Gasteiger charge is 2.32. The number of guanidine groups is 2. The van der Waals surface area contributed by atoms with Crippen molar-refractivity contribution in [2.24, 2.45) is 21.5 Å². The molecule has 0 amide bonds. The molecule has 0 spiro atoms. The second-order valence-corrected chi connectivity index (χ2v) is 5.23. The molecule has 0 radical (unpaired) electrons. The first-order chi connectivity index (χ1) is 12.2. The second-order valence-electron chi connectivity index (χ2n) is 5.23. The van der Waals surface area contributed by atoms with E-state index in [1.54, 1.807) is 0 Å². The first kappa shape index (κ1) is 21.4. The predicted molar refractivity (Wildman–Crippen MR) is 90.7 cm³/mol. The smallest absolute Gasteiger partial charge is 0.490 e. The molecule has 8 nitrogen and oxygen atoms in total. The van der Waals surface area contributed by atoms with Crippen molar-refractivity contribution in [3.63, 3.8) is 0 Å². The first-order valence-corrected chi connectivity index (χ1v) is 7.70. The van der Waals surface area contributed by atoms with Gasteiger partial charge in [-0.3, -0.25) is 4.84 Å². The van der Waals surface area contributed by atoms with E-state index in [0.29, 0.717) is 6.42 Å². The zero-order valence-electron chi connectivity index (χ0n) is 14.4. The fourth-order valence-corrected chi connectivity index (χ4v) is 1.66. The summed E-state index contributed by atoms with van der Waals surface area (Å²) in [5.41, 5.74) is 13.4. The van der Waals surface area contributed by atoms with Crippen LogP contribution < -0.4 is 26.4 Å². The van der Waals surface area contributed by atoms with Crippen molar-refractivity contribution in [3.05, 3.63) is 24.3 Å². The average Bonchev–Trinajstić information content (AvgIpc) is 2.49. The minimum Gasteiger partial charge on any atom is -0.490 e. The summed E-state index contributed by atoms with van der Waals surface area (Å²) in [6.07, 6.45) is -4.42. The van der Waals surface area contributed by atoms with Crippen LogP contribution >= 0.6 is 0 Å². The van der Waals surface area contributed by atoms with Crippen LogP contribution in [0, 0.1) is 0 Å². The van der Waals surface area contributed by atoms with E-state index in [2.05, 4.69) is 20.2 Å². The predicted octanol–water partition coefficient (Wildman–Crippen LogP) is 1.91. The van der Waals surface area contributed by atoms with Crippen molar-refractivity contribution in [2.45, 2.75) is 32.7 Å². The van der Waals surface area contributed by atoms with E-state index < -0.39 is 12.1 Å². The summed E-state index contributed by atoms with van der Waals surface area (Å²) in [4.78, 5) is 12.8. The van der Waals surface area contributed by atoms with Gasteiger partial charge in [0.2, 0.25) is 11.9 Å². The van der Waals surface area contributed by atoms with E-state index in [1.807, 2.05) is 13.8 Å². The van der Waals surface area contributed by atoms with Gasteiger partial charge in [-0.1, -0.05) is 12.1 Å². The molecule has 1 aromatic carbocycles. The van der Waals surface area contributed by atoms with E-state index in [1.165, 1.54) is 24.3 Å². The van der Waals surface area contributed by atoms with Crippen molar-refractivity contribution in [3.8, 4) is 11.5 Å². The Labute approximate surface area is 149 Å². The lowest BCUT2D eigenvalue weighted by molar-refractivity contribution is -0.275. The zero-order valence-corrected chi connectivity index (χ0v) is 14.4. The van der Waals surface area contributed by atoms with E-state index in [9.17, 15) is 13.2 Å². The summed E-state index contributed by atoms with van der Waals surface area (Å²) in [5, 5.41) is 0. The minimum absolute atomic E-state index is 0.0122. The number of hydrogen-bond donors (Lipinski definition) is 3.